The van der Waals surface area contributed by atoms with Gasteiger partial charge in [-0.05, 0) is 49.8 Å². The van der Waals surface area contributed by atoms with Crippen LogP contribution in [0.2, 0.25) is 0 Å². The van der Waals surface area contributed by atoms with Crippen molar-refractivity contribution in [2.75, 3.05) is 7.11 Å². The Hall–Kier alpha value is -2.60. The van der Waals surface area contributed by atoms with Crippen LogP contribution in [0.25, 0.3) is 6.08 Å². The molecule has 2 aromatic carbocycles. The van der Waals surface area contributed by atoms with Gasteiger partial charge in [0.15, 0.2) is 0 Å². The van der Waals surface area contributed by atoms with Crippen LogP contribution < -0.4 is 15.6 Å². The number of methoxy groups -OCH3 is 1. The topological polar surface area (TPSA) is 67.4 Å². The fourth-order valence-electron chi connectivity index (χ4n) is 2.30. The fraction of sp³-hybridized carbons (Fsp3) is 0.158. The van der Waals surface area contributed by atoms with Gasteiger partial charge < -0.3 is 4.74 Å². The molecular weight excluding hydrogens is 384 g/mol. The van der Waals surface area contributed by atoms with Crippen molar-refractivity contribution in [2.45, 2.75) is 13.8 Å². The predicted octanol–water partition coefficient (Wildman–Crippen LogP) is 3.55. The van der Waals surface area contributed by atoms with Crippen LogP contribution in [0, 0.1) is 13.8 Å². The number of rotatable bonds is 4. The van der Waals surface area contributed by atoms with E-state index in [9.17, 15) is 9.59 Å². The van der Waals surface area contributed by atoms with Gasteiger partial charge in [-0.3, -0.25) is 20.4 Å². The van der Waals surface area contributed by atoms with Gasteiger partial charge in [-0.25, -0.2) is 0 Å². The number of nitrogens with one attached hydrogen (secondary N) is 2. The molecule has 2 N–H and O–H groups in total. The van der Waals surface area contributed by atoms with Gasteiger partial charge in [0.2, 0.25) is 0 Å². The summed E-state index contributed by atoms with van der Waals surface area (Å²) in [4.78, 5) is 24.0. The van der Waals surface area contributed by atoms with Crippen molar-refractivity contribution < 1.29 is 14.3 Å². The van der Waals surface area contributed by atoms with E-state index in [-0.39, 0.29) is 5.91 Å². The Kier molecular flexibility index (Phi) is 6.36. The summed E-state index contributed by atoms with van der Waals surface area (Å²) in [5.41, 5.74) is 7.95. The Morgan fingerprint density at radius 1 is 1.08 bits per heavy atom. The molecule has 0 saturated heterocycles. The number of aryl methyl sites for hydroxylation is 2. The second-order valence-electron chi connectivity index (χ2n) is 5.48. The highest BCUT2D eigenvalue weighted by atomic mass is 79.9. The fourth-order valence-corrected chi connectivity index (χ4v) is 2.68. The maximum atomic E-state index is 12.1. The molecule has 2 aromatic rings. The molecular formula is C19H19BrN2O3. The zero-order valence-corrected chi connectivity index (χ0v) is 15.8. The van der Waals surface area contributed by atoms with Crippen LogP contribution in [0.1, 0.15) is 27.0 Å². The minimum absolute atomic E-state index is 0.362. The van der Waals surface area contributed by atoms with Crippen LogP contribution in [0.5, 0.6) is 5.75 Å². The van der Waals surface area contributed by atoms with Gasteiger partial charge in [-0.1, -0.05) is 33.6 Å². The molecule has 0 atom stereocenters. The first kappa shape index (κ1) is 18.7. The van der Waals surface area contributed by atoms with Gasteiger partial charge >= 0.3 is 0 Å². The predicted molar refractivity (Wildman–Crippen MR) is 101 cm³/mol. The molecule has 0 aliphatic heterocycles. The first-order valence-electron chi connectivity index (χ1n) is 7.60. The van der Waals surface area contributed by atoms with Gasteiger partial charge in [0.1, 0.15) is 5.75 Å². The zero-order valence-electron chi connectivity index (χ0n) is 14.2. The Balaban J connectivity index is 1.99. The Morgan fingerprint density at radius 2 is 1.84 bits per heavy atom. The van der Waals surface area contributed by atoms with Crippen LogP contribution in [0.3, 0.4) is 0 Å². The molecule has 2 amide bonds. The summed E-state index contributed by atoms with van der Waals surface area (Å²) in [6.45, 7) is 3.81. The quantitative estimate of drug-likeness (QED) is 0.606. The van der Waals surface area contributed by atoms with E-state index in [4.69, 9.17) is 4.74 Å². The first-order chi connectivity index (χ1) is 11.9. The lowest BCUT2D eigenvalue weighted by atomic mass is 10.1. The average molecular weight is 403 g/mol. The molecule has 5 nitrogen and oxygen atoms in total. The van der Waals surface area contributed by atoms with E-state index < -0.39 is 5.91 Å². The molecule has 0 aromatic heterocycles. The molecule has 0 fully saturated rings. The Bertz CT molecular complexity index is 831. The third-order valence-corrected chi connectivity index (χ3v) is 4.03. The number of hydrogen-bond donors (Lipinski definition) is 2. The average Bonchev–Trinajstić information content (AvgIpc) is 2.58. The summed E-state index contributed by atoms with van der Waals surface area (Å²) in [6, 6.07) is 11.0. The molecule has 0 saturated carbocycles. The lowest BCUT2D eigenvalue weighted by molar-refractivity contribution is -0.117. The summed E-state index contributed by atoms with van der Waals surface area (Å²) in [5, 5.41) is 0. The van der Waals surface area contributed by atoms with E-state index in [1.54, 1.807) is 25.3 Å². The number of carbonyl (C=O) groups is 2. The molecule has 130 valence electrons. The zero-order chi connectivity index (χ0) is 18.4. The second kappa shape index (κ2) is 8.48. The molecule has 0 heterocycles. The summed E-state index contributed by atoms with van der Waals surface area (Å²) in [7, 11) is 1.56. The third kappa shape index (κ3) is 5.19. The number of halogens is 1. The number of carbonyl (C=O) groups excluding carboxylic acids is 2. The standard InChI is InChI=1S/C19H19BrN2O3/c1-12-4-7-16(13(2)10-12)19(24)22-21-18(23)9-5-14-11-15(20)6-8-17(14)25-3/h4-11H,1-3H3,(H,21,23)(H,22,24)/b9-5+. The Morgan fingerprint density at radius 3 is 2.52 bits per heavy atom. The lowest BCUT2D eigenvalue weighted by Gasteiger charge is -2.08. The largest absolute Gasteiger partial charge is 0.496 e. The van der Waals surface area contributed by atoms with Crippen LogP contribution in [-0.2, 0) is 4.79 Å². The summed E-state index contributed by atoms with van der Waals surface area (Å²) in [5.74, 6) is -0.161. The van der Waals surface area contributed by atoms with Gasteiger partial charge in [0, 0.05) is 21.7 Å². The van der Waals surface area contributed by atoms with Crippen molar-refractivity contribution in [1.82, 2.24) is 10.9 Å². The lowest BCUT2D eigenvalue weighted by Crippen LogP contribution is -2.41. The number of ether oxygens (including phenoxy) is 1. The van der Waals surface area contributed by atoms with Crippen molar-refractivity contribution in [2.24, 2.45) is 0 Å². The molecule has 0 spiro atoms. The van der Waals surface area contributed by atoms with Crippen LogP contribution >= 0.6 is 15.9 Å². The number of benzene rings is 2. The van der Waals surface area contributed by atoms with Crippen molar-refractivity contribution in [3.63, 3.8) is 0 Å². The summed E-state index contributed by atoms with van der Waals surface area (Å²) >= 11 is 3.37. The SMILES string of the molecule is COc1ccc(Br)cc1/C=C/C(=O)NNC(=O)c1ccc(C)cc1C. The number of hydrazine groups is 1. The highest BCUT2D eigenvalue weighted by Gasteiger charge is 2.09. The minimum atomic E-state index is -0.444. The van der Waals surface area contributed by atoms with Crippen LogP contribution in [0.4, 0.5) is 0 Å². The Labute approximate surface area is 155 Å². The molecule has 0 unspecified atom stereocenters. The first-order valence-corrected chi connectivity index (χ1v) is 8.39. The van der Waals surface area contributed by atoms with Crippen molar-refractivity contribution >= 4 is 33.8 Å². The highest BCUT2D eigenvalue weighted by Crippen LogP contribution is 2.23. The van der Waals surface area contributed by atoms with Gasteiger partial charge in [0.05, 0.1) is 7.11 Å². The smallest absolute Gasteiger partial charge is 0.269 e. The second-order valence-corrected chi connectivity index (χ2v) is 6.40. The minimum Gasteiger partial charge on any atom is -0.496 e. The van der Waals surface area contributed by atoms with Crippen molar-refractivity contribution in [3.8, 4) is 5.75 Å². The number of amides is 2. The molecule has 25 heavy (non-hydrogen) atoms. The normalized spacial score (nSPS) is 10.6. The van der Waals surface area contributed by atoms with E-state index >= 15 is 0 Å². The monoisotopic (exact) mass is 402 g/mol. The molecule has 6 heteroatoms. The maximum absolute atomic E-state index is 12.1. The molecule has 0 radical (unpaired) electrons. The molecule has 0 aliphatic carbocycles. The highest BCUT2D eigenvalue weighted by molar-refractivity contribution is 9.10. The molecule has 0 bridgehead atoms. The van der Waals surface area contributed by atoms with E-state index in [0.717, 1.165) is 21.2 Å². The van der Waals surface area contributed by atoms with E-state index in [1.165, 1.54) is 6.08 Å². The van der Waals surface area contributed by atoms with Crippen molar-refractivity contribution in [1.29, 1.82) is 0 Å². The summed E-state index contributed by atoms with van der Waals surface area (Å²) in [6.07, 6.45) is 2.94. The van der Waals surface area contributed by atoms with Crippen LogP contribution in [-0.4, -0.2) is 18.9 Å². The van der Waals surface area contributed by atoms with E-state index in [1.807, 2.05) is 38.1 Å². The third-order valence-electron chi connectivity index (χ3n) is 3.53. The van der Waals surface area contributed by atoms with Gasteiger partial charge in [0.25, 0.3) is 11.8 Å². The summed E-state index contributed by atoms with van der Waals surface area (Å²) < 4.78 is 6.11. The maximum Gasteiger partial charge on any atom is 0.269 e. The number of hydrogen-bond acceptors (Lipinski definition) is 3. The van der Waals surface area contributed by atoms with E-state index in [0.29, 0.717) is 11.3 Å². The molecule has 2 rings (SSSR count). The van der Waals surface area contributed by atoms with E-state index in [2.05, 4.69) is 26.8 Å². The van der Waals surface area contributed by atoms with Crippen LogP contribution in [0.15, 0.2) is 46.9 Å². The molecule has 0 aliphatic rings. The van der Waals surface area contributed by atoms with Gasteiger partial charge in [-0.2, -0.15) is 0 Å². The van der Waals surface area contributed by atoms with Crippen molar-refractivity contribution in [3.05, 3.63) is 69.2 Å². The van der Waals surface area contributed by atoms with Gasteiger partial charge in [-0.15, -0.1) is 0 Å².